The predicted molar refractivity (Wildman–Crippen MR) is 81.8 cm³/mol. The van der Waals surface area contributed by atoms with Crippen LogP contribution in [0, 0.1) is 9.39 Å². The molecule has 0 aliphatic heterocycles. The first kappa shape index (κ1) is 15.2. The third-order valence-corrected chi connectivity index (χ3v) is 4.27. The van der Waals surface area contributed by atoms with Gasteiger partial charge < -0.3 is 5.11 Å². The van der Waals surface area contributed by atoms with Crippen LogP contribution in [0.25, 0.3) is 5.69 Å². The molecule has 106 valence electrons. The van der Waals surface area contributed by atoms with Gasteiger partial charge in [-0.1, -0.05) is 18.7 Å². The fourth-order valence-electron chi connectivity index (χ4n) is 1.65. The van der Waals surface area contributed by atoms with Crippen molar-refractivity contribution in [3.63, 3.8) is 0 Å². The Bertz CT molecular complexity index is 648. The Labute approximate surface area is 132 Å². The van der Waals surface area contributed by atoms with Crippen molar-refractivity contribution in [2.24, 2.45) is 0 Å². The van der Waals surface area contributed by atoms with Gasteiger partial charge in [0.2, 0.25) is 0 Å². The predicted octanol–water partition coefficient (Wildman–Crippen LogP) is 2.75. The van der Waals surface area contributed by atoms with Crippen LogP contribution in [0.3, 0.4) is 0 Å². The van der Waals surface area contributed by atoms with E-state index in [1.165, 1.54) is 12.1 Å². The number of carboxylic acids is 1. The molecular formula is C12H11FIN3O2S. The Kier molecular flexibility index (Phi) is 4.97. The Morgan fingerprint density at radius 3 is 2.85 bits per heavy atom. The summed E-state index contributed by atoms with van der Waals surface area (Å²) in [6.07, 6.45) is 0.647. The van der Waals surface area contributed by atoms with Crippen molar-refractivity contribution < 1.29 is 14.3 Å². The maximum atomic E-state index is 13.2. The van der Waals surface area contributed by atoms with Crippen LogP contribution in [0.5, 0.6) is 0 Å². The highest BCUT2D eigenvalue weighted by Crippen LogP contribution is 2.26. The SMILES string of the molecule is CCc1nnc(SCC(=O)O)n1-c1ccc(F)cc1I. The topological polar surface area (TPSA) is 68.0 Å². The van der Waals surface area contributed by atoms with E-state index in [0.717, 1.165) is 17.4 Å². The molecule has 0 radical (unpaired) electrons. The molecule has 8 heteroatoms. The van der Waals surface area contributed by atoms with E-state index in [0.29, 0.717) is 21.0 Å². The van der Waals surface area contributed by atoms with Gasteiger partial charge in [-0.3, -0.25) is 9.36 Å². The fraction of sp³-hybridized carbons (Fsp3) is 0.250. The van der Waals surface area contributed by atoms with E-state index in [2.05, 4.69) is 10.2 Å². The van der Waals surface area contributed by atoms with Crippen LogP contribution >= 0.6 is 34.4 Å². The summed E-state index contributed by atoms with van der Waals surface area (Å²) in [6.45, 7) is 1.93. The molecule has 0 atom stereocenters. The molecule has 0 amide bonds. The number of carbonyl (C=O) groups is 1. The number of hydrogen-bond donors (Lipinski definition) is 1. The molecule has 0 unspecified atom stereocenters. The van der Waals surface area contributed by atoms with Crippen molar-refractivity contribution in [1.29, 1.82) is 0 Å². The summed E-state index contributed by atoms with van der Waals surface area (Å²) in [4.78, 5) is 10.7. The van der Waals surface area contributed by atoms with Gasteiger partial charge in [-0.05, 0) is 40.8 Å². The van der Waals surface area contributed by atoms with E-state index in [9.17, 15) is 9.18 Å². The van der Waals surface area contributed by atoms with Crippen LogP contribution in [0.15, 0.2) is 23.4 Å². The van der Waals surface area contributed by atoms with Crippen molar-refractivity contribution in [3.8, 4) is 5.69 Å². The molecule has 20 heavy (non-hydrogen) atoms. The highest BCUT2D eigenvalue weighted by molar-refractivity contribution is 14.1. The van der Waals surface area contributed by atoms with Crippen molar-refractivity contribution in [2.75, 3.05) is 5.75 Å². The minimum absolute atomic E-state index is 0.0976. The van der Waals surface area contributed by atoms with Gasteiger partial charge in [-0.15, -0.1) is 10.2 Å². The molecule has 0 spiro atoms. The van der Waals surface area contributed by atoms with Crippen LogP contribution in [-0.4, -0.2) is 31.6 Å². The first-order chi connectivity index (χ1) is 9.52. The third-order valence-electron chi connectivity index (χ3n) is 2.49. The second-order valence-corrected chi connectivity index (χ2v) is 5.97. The van der Waals surface area contributed by atoms with Crippen molar-refractivity contribution >= 4 is 40.3 Å². The smallest absolute Gasteiger partial charge is 0.313 e. The first-order valence-electron chi connectivity index (χ1n) is 5.77. The van der Waals surface area contributed by atoms with Crippen molar-refractivity contribution in [1.82, 2.24) is 14.8 Å². The van der Waals surface area contributed by atoms with E-state index in [1.54, 1.807) is 10.6 Å². The number of aryl methyl sites for hydroxylation is 1. The molecular weight excluding hydrogens is 396 g/mol. The summed E-state index contributed by atoms with van der Waals surface area (Å²) in [6, 6.07) is 4.42. The number of hydrogen-bond acceptors (Lipinski definition) is 4. The lowest BCUT2D eigenvalue weighted by Crippen LogP contribution is -2.06. The van der Waals surface area contributed by atoms with Crippen LogP contribution in [0.2, 0.25) is 0 Å². The van der Waals surface area contributed by atoms with E-state index in [4.69, 9.17) is 5.11 Å². The van der Waals surface area contributed by atoms with Gasteiger partial charge in [-0.2, -0.15) is 0 Å². The number of thioether (sulfide) groups is 1. The lowest BCUT2D eigenvalue weighted by molar-refractivity contribution is -0.133. The molecule has 1 aromatic carbocycles. The summed E-state index contributed by atoms with van der Waals surface area (Å²) in [7, 11) is 0. The van der Waals surface area contributed by atoms with Gasteiger partial charge in [0, 0.05) is 9.99 Å². The number of halogens is 2. The molecule has 1 heterocycles. The average molecular weight is 407 g/mol. The first-order valence-corrected chi connectivity index (χ1v) is 7.83. The minimum atomic E-state index is -0.920. The van der Waals surface area contributed by atoms with Gasteiger partial charge in [0.05, 0.1) is 11.4 Å². The second-order valence-electron chi connectivity index (χ2n) is 3.87. The summed E-state index contributed by atoms with van der Waals surface area (Å²) in [5.41, 5.74) is 0.752. The Hall–Kier alpha value is -1.16. The molecule has 0 aliphatic rings. The summed E-state index contributed by atoms with van der Waals surface area (Å²) >= 11 is 3.13. The molecule has 0 aliphatic carbocycles. The third kappa shape index (κ3) is 3.29. The Balaban J connectivity index is 2.47. The van der Waals surface area contributed by atoms with E-state index < -0.39 is 5.97 Å². The average Bonchev–Trinajstić information content (AvgIpc) is 2.79. The maximum Gasteiger partial charge on any atom is 0.313 e. The fourth-order valence-corrected chi connectivity index (χ4v) is 3.06. The number of aliphatic carboxylic acids is 1. The normalized spacial score (nSPS) is 10.8. The molecule has 2 aromatic rings. The zero-order valence-corrected chi connectivity index (χ0v) is 13.5. The van der Waals surface area contributed by atoms with Gasteiger partial charge >= 0.3 is 5.97 Å². The lowest BCUT2D eigenvalue weighted by Gasteiger charge is -2.10. The number of rotatable bonds is 5. The monoisotopic (exact) mass is 407 g/mol. The van der Waals surface area contributed by atoms with Crippen LogP contribution < -0.4 is 0 Å². The van der Waals surface area contributed by atoms with Crippen molar-refractivity contribution in [3.05, 3.63) is 33.4 Å². The molecule has 0 fully saturated rings. The van der Waals surface area contributed by atoms with Gasteiger partial charge in [-0.25, -0.2) is 4.39 Å². The van der Waals surface area contributed by atoms with Crippen LogP contribution in [0.1, 0.15) is 12.7 Å². The number of nitrogens with zero attached hydrogens (tertiary/aromatic N) is 3. The molecule has 2 rings (SSSR count). The summed E-state index contributed by atoms with van der Waals surface area (Å²) in [5.74, 6) is -0.623. The van der Waals surface area contributed by atoms with E-state index in [1.807, 2.05) is 29.5 Å². The zero-order chi connectivity index (χ0) is 14.7. The van der Waals surface area contributed by atoms with E-state index >= 15 is 0 Å². The quantitative estimate of drug-likeness (QED) is 0.610. The maximum absolute atomic E-state index is 13.2. The van der Waals surface area contributed by atoms with Crippen LogP contribution in [-0.2, 0) is 11.2 Å². The number of carboxylic acid groups (broad SMARTS) is 1. The van der Waals surface area contributed by atoms with Crippen molar-refractivity contribution in [2.45, 2.75) is 18.5 Å². The van der Waals surface area contributed by atoms with E-state index in [-0.39, 0.29) is 11.6 Å². The second kappa shape index (κ2) is 6.53. The molecule has 5 nitrogen and oxygen atoms in total. The molecule has 1 aromatic heterocycles. The molecule has 0 bridgehead atoms. The van der Waals surface area contributed by atoms with Crippen LogP contribution in [0.4, 0.5) is 4.39 Å². The summed E-state index contributed by atoms with van der Waals surface area (Å²) in [5, 5.41) is 17.3. The minimum Gasteiger partial charge on any atom is -0.481 e. The van der Waals surface area contributed by atoms with Gasteiger partial charge in [0.15, 0.2) is 5.16 Å². The largest absolute Gasteiger partial charge is 0.481 e. The highest BCUT2D eigenvalue weighted by Gasteiger charge is 2.16. The number of benzene rings is 1. The summed E-state index contributed by atoms with van der Waals surface area (Å²) < 4.78 is 15.7. The molecule has 0 saturated heterocycles. The highest BCUT2D eigenvalue weighted by atomic mass is 127. The van der Waals surface area contributed by atoms with Gasteiger partial charge in [0.25, 0.3) is 0 Å². The zero-order valence-electron chi connectivity index (χ0n) is 10.5. The Morgan fingerprint density at radius 2 is 2.25 bits per heavy atom. The standard InChI is InChI=1S/C12H11FIN3O2S/c1-2-10-15-16-12(20-6-11(18)19)17(10)9-4-3-7(13)5-8(9)14/h3-5H,2,6H2,1H3,(H,18,19). The lowest BCUT2D eigenvalue weighted by atomic mass is 10.3. The number of aromatic nitrogens is 3. The molecule has 1 N–H and O–H groups in total. The van der Waals surface area contributed by atoms with Gasteiger partial charge in [0.1, 0.15) is 11.6 Å². The molecule has 0 saturated carbocycles. The Morgan fingerprint density at radius 1 is 1.50 bits per heavy atom.